The minimum atomic E-state index is 0.383. The summed E-state index contributed by atoms with van der Waals surface area (Å²) in [5.41, 5.74) is 7.04. The van der Waals surface area contributed by atoms with Crippen LogP contribution in [0.1, 0.15) is 18.9 Å². The second-order valence-corrected chi connectivity index (χ2v) is 5.00. The molecule has 2 aromatic rings. The SMILES string of the molecule is NC1CC(n2cncc2-c2cccs2)C1. The molecule has 0 aromatic carbocycles. The number of rotatable bonds is 2. The number of thiophene rings is 1. The predicted molar refractivity (Wildman–Crippen MR) is 61.8 cm³/mol. The fourth-order valence-electron chi connectivity index (χ4n) is 2.07. The Morgan fingerprint density at radius 2 is 2.33 bits per heavy atom. The molecule has 0 atom stereocenters. The third kappa shape index (κ3) is 1.50. The molecule has 0 spiro atoms. The molecule has 0 aliphatic heterocycles. The standard InChI is InChI=1S/C11H13N3S/c12-8-4-9(5-8)14-7-13-6-10(14)11-2-1-3-15-11/h1-3,6-9H,4-5,12H2. The molecule has 0 saturated heterocycles. The number of hydrogen-bond donors (Lipinski definition) is 1. The van der Waals surface area contributed by atoms with Crippen molar-refractivity contribution in [3.63, 3.8) is 0 Å². The summed E-state index contributed by atoms with van der Waals surface area (Å²) in [6, 6.07) is 5.15. The average molecular weight is 219 g/mol. The van der Waals surface area contributed by atoms with E-state index < -0.39 is 0 Å². The van der Waals surface area contributed by atoms with Crippen molar-refractivity contribution in [2.24, 2.45) is 5.73 Å². The van der Waals surface area contributed by atoms with Gasteiger partial charge in [0, 0.05) is 12.1 Å². The summed E-state index contributed by atoms with van der Waals surface area (Å²) in [7, 11) is 0. The fourth-order valence-corrected chi connectivity index (χ4v) is 2.81. The third-order valence-electron chi connectivity index (χ3n) is 2.98. The van der Waals surface area contributed by atoms with E-state index in [1.807, 2.05) is 12.5 Å². The number of hydrogen-bond acceptors (Lipinski definition) is 3. The van der Waals surface area contributed by atoms with Crippen LogP contribution in [0.3, 0.4) is 0 Å². The van der Waals surface area contributed by atoms with Gasteiger partial charge in [-0.25, -0.2) is 4.98 Å². The van der Waals surface area contributed by atoms with E-state index in [4.69, 9.17) is 5.73 Å². The van der Waals surface area contributed by atoms with E-state index in [0.717, 1.165) is 12.8 Å². The summed E-state index contributed by atoms with van der Waals surface area (Å²) in [5, 5.41) is 2.10. The molecule has 1 saturated carbocycles. The molecule has 2 aromatic heterocycles. The largest absolute Gasteiger partial charge is 0.328 e. The lowest BCUT2D eigenvalue weighted by Gasteiger charge is -2.34. The first kappa shape index (κ1) is 9.12. The van der Waals surface area contributed by atoms with E-state index in [2.05, 4.69) is 27.1 Å². The van der Waals surface area contributed by atoms with Gasteiger partial charge in [0.25, 0.3) is 0 Å². The maximum Gasteiger partial charge on any atom is 0.0953 e. The zero-order valence-corrected chi connectivity index (χ0v) is 9.15. The number of nitrogens with two attached hydrogens (primary N) is 1. The van der Waals surface area contributed by atoms with Crippen molar-refractivity contribution in [1.82, 2.24) is 9.55 Å². The summed E-state index contributed by atoms with van der Waals surface area (Å²) in [4.78, 5) is 5.52. The van der Waals surface area contributed by atoms with Gasteiger partial charge in [0.2, 0.25) is 0 Å². The molecule has 3 rings (SSSR count). The highest BCUT2D eigenvalue weighted by molar-refractivity contribution is 7.13. The van der Waals surface area contributed by atoms with Crippen LogP contribution in [-0.4, -0.2) is 15.6 Å². The van der Waals surface area contributed by atoms with Crippen LogP contribution in [-0.2, 0) is 0 Å². The van der Waals surface area contributed by atoms with Gasteiger partial charge in [-0.3, -0.25) is 0 Å². The van der Waals surface area contributed by atoms with Crippen molar-refractivity contribution >= 4 is 11.3 Å². The van der Waals surface area contributed by atoms with Crippen molar-refractivity contribution in [2.75, 3.05) is 0 Å². The maximum atomic E-state index is 5.81. The van der Waals surface area contributed by atoms with Crippen molar-refractivity contribution < 1.29 is 0 Å². The van der Waals surface area contributed by atoms with E-state index in [-0.39, 0.29) is 0 Å². The van der Waals surface area contributed by atoms with Crippen LogP contribution in [0.15, 0.2) is 30.0 Å². The highest BCUT2D eigenvalue weighted by Gasteiger charge is 2.28. The van der Waals surface area contributed by atoms with Crippen LogP contribution in [0.2, 0.25) is 0 Å². The zero-order valence-electron chi connectivity index (χ0n) is 8.34. The molecular formula is C11H13N3S. The van der Waals surface area contributed by atoms with Gasteiger partial charge in [-0.2, -0.15) is 0 Å². The maximum absolute atomic E-state index is 5.81. The van der Waals surface area contributed by atoms with Crippen molar-refractivity contribution in [3.05, 3.63) is 30.0 Å². The van der Waals surface area contributed by atoms with Crippen LogP contribution in [0, 0.1) is 0 Å². The van der Waals surface area contributed by atoms with Gasteiger partial charge in [0.1, 0.15) is 0 Å². The smallest absolute Gasteiger partial charge is 0.0953 e. The molecule has 2 heterocycles. The van der Waals surface area contributed by atoms with Crippen LogP contribution in [0.4, 0.5) is 0 Å². The quantitative estimate of drug-likeness (QED) is 0.842. The molecule has 0 amide bonds. The minimum absolute atomic E-state index is 0.383. The second kappa shape index (κ2) is 3.47. The number of nitrogens with zero attached hydrogens (tertiary/aromatic N) is 2. The van der Waals surface area contributed by atoms with Gasteiger partial charge in [0.05, 0.1) is 23.1 Å². The van der Waals surface area contributed by atoms with E-state index in [1.54, 1.807) is 11.3 Å². The molecule has 0 unspecified atom stereocenters. The Kier molecular flexibility index (Phi) is 2.11. The van der Waals surface area contributed by atoms with Gasteiger partial charge in [-0.05, 0) is 24.3 Å². The van der Waals surface area contributed by atoms with Crippen molar-refractivity contribution in [3.8, 4) is 10.6 Å². The van der Waals surface area contributed by atoms with Gasteiger partial charge in [0.15, 0.2) is 0 Å². The topological polar surface area (TPSA) is 43.8 Å². The summed E-state index contributed by atoms with van der Waals surface area (Å²) in [5.74, 6) is 0. The molecule has 0 bridgehead atoms. The van der Waals surface area contributed by atoms with Crippen LogP contribution in [0.25, 0.3) is 10.6 Å². The first-order valence-electron chi connectivity index (χ1n) is 5.16. The van der Waals surface area contributed by atoms with Gasteiger partial charge < -0.3 is 10.3 Å². The Hall–Kier alpha value is -1.13. The average Bonchev–Trinajstić information content (AvgIpc) is 2.82. The Morgan fingerprint density at radius 3 is 3.00 bits per heavy atom. The lowest BCUT2D eigenvalue weighted by molar-refractivity contribution is 0.268. The summed E-state index contributed by atoms with van der Waals surface area (Å²) in [6.07, 6.45) is 6.02. The van der Waals surface area contributed by atoms with E-state index in [1.165, 1.54) is 10.6 Å². The molecule has 1 aliphatic rings. The minimum Gasteiger partial charge on any atom is -0.328 e. The number of imidazole rings is 1. The Morgan fingerprint density at radius 1 is 1.47 bits per heavy atom. The summed E-state index contributed by atoms with van der Waals surface area (Å²) < 4.78 is 2.26. The molecule has 78 valence electrons. The Labute approximate surface area is 92.6 Å². The Bertz CT molecular complexity index is 440. The van der Waals surface area contributed by atoms with E-state index in [9.17, 15) is 0 Å². The fraction of sp³-hybridized carbons (Fsp3) is 0.364. The molecule has 2 N–H and O–H groups in total. The van der Waals surface area contributed by atoms with Crippen LogP contribution < -0.4 is 5.73 Å². The summed E-state index contributed by atoms with van der Waals surface area (Å²) >= 11 is 1.76. The zero-order chi connectivity index (χ0) is 10.3. The molecular weight excluding hydrogens is 206 g/mol. The highest BCUT2D eigenvalue weighted by Crippen LogP contribution is 2.35. The van der Waals surface area contributed by atoms with Crippen LogP contribution in [0.5, 0.6) is 0 Å². The molecule has 0 radical (unpaired) electrons. The molecule has 3 nitrogen and oxygen atoms in total. The lowest BCUT2D eigenvalue weighted by Crippen LogP contribution is -2.37. The van der Waals surface area contributed by atoms with Crippen LogP contribution >= 0.6 is 11.3 Å². The summed E-state index contributed by atoms with van der Waals surface area (Å²) in [6.45, 7) is 0. The van der Waals surface area contributed by atoms with Gasteiger partial charge in [-0.15, -0.1) is 11.3 Å². The third-order valence-corrected chi connectivity index (χ3v) is 3.88. The molecule has 4 heteroatoms. The van der Waals surface area contributed by atoms with Gasteiger partial charge in [-0.1, -0.05) is 6.07 Å². The lowest BCUT2D eigenvalue weighted by atomic mass is 9.87. The molecule has 1 aliphatic carbocycles. The van der Waals surface area contributed by atoms with Crippen molar-refractivity contribution in [2.45, 2.75) is 24.9 Å². The van der Waals surface area contributed by atoms with Crippen molar-refractivity contribution in [1.29, 1.82) is 0 Å². The van der Waals surface area contributed by atoms with E-state index in [0.29, 0.717) is 12.1 Å². The number of aromatic nitrogens is 2. The Balaban J connectivity index is 1.93. The predicted octanol–water partition coefficient (Wildman–Crippen LogP) is 2.27. The normalized spacial score (nSPS) is 25.1. The first-order valence-corrected chi connectivity index (χ1v) is 6.04. The second-order valence-electron chi connectivity index (χ2n) is 4.05. The first-order chi connectivity index (χ1) is 7.34. The molecule has 1 fully saturated rings. The van der Waals surface area contributed by atoms with E-state index >= 15 is 0 Å². The monoisotopic (exact) mass is 219 g/mol. The highest BCUT2D eigenvalue weighted by atomic mass is 32.1. The van der Waals surface area contributed by atoms with Gasteiger partial charge >= 0.3 is 0 Å². The molecule has 15 heavy (non-hydrogen) atoms.